The second-order valence-corrected chi connectivity index (χ2v) is 7.54. The maximum atomic E-state index is 12.7. The average molecular weight is 330 g/mol. The summed E-state index contributed by atoms with van der Waals surface area (Å²) in [6.45, 7) is 4.25. The number of aryl methyl sites for hydroxylation is 2. The van der Waals surface area contributed by atoms with Crippen LogP contribution >= 0.6 is 22.7 Å². The van der Waals surface area contributed by atoms with Gasteiger partial charge in [0, 0.05) is 11.9 Å². The zero-order valence-corrected chi connectivity index (χ0v) is 14.6. The molecule has 0 unspecified atom stereocenters. The lowest BCUT2D eigenvalue weighted by Gasteiger charge is -2.11. The second-order valence-electron chi connectivity index (χ2n) is 5.27. The molecule has 0 radical (unpaired) electrons. The summed E-state index contributed by atoms with van der Waals surface area (Å²) >= 11 is 3.13. The van der Waals surface area contributed by atoms with Crippen LogP contribution in [0, 0.1) is 6.92 Å². The zero-order chi connectivity index (χ0) is 15.7. The van der Waals surface area contributed by atoms with Crippen molar-refractivity contribution < 1.29 is 4.79 Å². The van der Waals surface area contributed by atoms with Gasteiger partial charge in [0.15, 0.2) is 5.13 Å². The number of carbonyl (C=O) groups is 1. The monoisotopic (exact) mass is 330 g/mol. The Bertz CT molecular complexity index is 786. The van der Waals surface area contributed by atoms with Gasteiger partial charge in [-0.1, -0.05) is 36.8 Å². The van der Waals surface area contributed by atoms with Crippen molar-refractivity contribution in [3.63, 3.8) is 0 Å². The lowest BCUT2D eigenvalue weighted by Crippen LogP contribution is -2.25. The molecule has 0 aliphatic carbocycles. The first kappa shape index (κ1) is 15.2. The summed E-state index contributed by atoms with van der Waals surface area (Å²) in [6, 6.07) is 10.0. The molecular weight excluding hydrogens is 312 g/mol. The van der Waals surface area contributed by atoms with Crippen molar-refractivity contribution in [1.82, 2.24) is 4.98 Å². The largest absolute Gasteiger partial charge is 0.286 e. The highest BCUT2D eigenvalue weighted by Crippen LogP contribution is 2.30. The number of rotatable bonds is 4. The number of nitrogens with zero attached hydrogens (tertiary/aromatic N) is 2. The van der Waals surface area contributed by atoms with Gasteiger partial charge in [-0.2, -0.15) is 0 Å². The Morgan fingerprint density at radius 2 is 2.05 bits per heavy atom. The van der Waals surface area contributed by atoms with Gasteiger partial charge in [0.05, 0.1) is 15.1 Å². The predicted octanol–water partition coefficient (Wildman–Crippen LogP) is 4.90. The van der Waals surface area contributed by atoms with E-state index in [1.807, 2.05) is 30.3 Å². The molecule has 5 heteroatoms. The van der Waals surface area contributed by atoms with Crippen molar-refractivity contribution >= 4 is 43.9 Å². The Morgan fingerprint density at radius 1 is 1.27 bits per heavy atom. The molecular formula is C17H18N2OS2. The molecule has 1 aromatic carbocycles. The third-order valence-corrected chi connectivity index (χ3v) is 5.82. The van der Waals surface area contributed by atoms with Gasteiger partial charge in [-0.15, -0.1) is 11.3 Å². The topological polar surface area (TPSA) is 33.2 Å². The molecule has 0 atom stereocenters. The van der Waals surface area contributed by atoms with Crippen molar-refractivity contribution in [3.8, 4) is 0 Å². The summed E-state index contributed by atoms with van der Waals surface area (Å²) < 4.78 is 1.10. The molecule has 0 fully saturated rings. The minimum absolute atomic E-state index is 0.0227. The van der Waals surface area contributed by atoms with Crippen molar-refractivity contribution in [2.75, 3.05) is 11.9 Å². The quantitative estimate of drug-likeness (QED) is 0.682. The Kier molecular flexibility index (Phi) is 4.27. The molecule has 0 saturated carbocycles. The lowest BCUT2D eigenvalue weighted by molar-refractivity contribution is 0.0997. The fourth-order valence-corrected chi connectivity index (χ4v) is 4.37. The molecule has 22 heavy (non-hydrogen) atoms. The van der Waals surface area contributed by atoms with Crippen LogP contribution in [0.4, 0.5) is 5.13 Å². The Morgan fingerprint density at radius 3 is 2.77 bits per heavy atom. The summed E-state index contributed by atoms with van der Waals surface area (Å²) in [6.07, 6.45) is 2.12. The van der Waals surface area contributed by atoms with Gasteiger partial charge < -0.3 is 0 Å². The van der Waals surface area contributed by atoms with Crippen LogP contribution < -0.4 is 4.90 Å². The molecule has 3 rings (SSSR count). The van der Waals surface area contributed by atoms with E-state index in [1.54, 1.807) is 34.6 Å². The number of hydrogen-bond acceptors (Lipinski definition) is 4. The zero-order valence-electron chi connectivity index (χ0n) is 12.9. The van der Waals surface area contributed by atoms with E-state index in [9.17, 15) is 4.79 Å². The Labute approximate surface area is 138 Å². The molecule has 114 valence electrons. The predicted molar refractivity (Wildman–Crippen MR) is 95.4 cm³/mol. The van der Waals surface area contributed by atoms with E-state index in [2.05, 4.69) is 18.8 Å². The molecule has 0 saturated heterocycles. The fraction of sp³-hybridized carbons (Fsp3) is 0.294. The smallest absolute Gasteiger partial charge is 0.269 e. The first-order chi connectivity index (χ1) is 10.6. The van der Waals surface area contributed by atoms with Gasteiger partial charge in [-0.3, -0.25) is 9.69 Å². The number of benzene rings is 1. The van der Waals surface area contributed by atoms with Crippen LogP contribution in [0.3, 0.4) is 0 Å². The van der Waals surface area contributed by atoms with Gasteiger partial charge >= 0.3 is 0 Å². The molecule has 3 aromatic rings. The number of aromatic nitrogens is 1. The molecule has 2 aromatic heterocycles. The van der Waals surface area contributed by atoms with Crippen molar-refractivity contribution in [1.29, 1.82) is 0 Å². The normalized spacial score (nSPS) is 11.0. The van der Waals surface area contributed by atoms with Crippen LogP contribution in [-0.2, 0) is 6.42 Å². The van der Waals surface area contributed by atoms with Gasteiger partial charge in [-0.25, -0.2) is 4.98 Å². The van der Waals surface area contributed by atoms with Crippen molar-refractivity contribution in [2.24, 2.45) is 0 Å². The summed E-state index contributed by atoms with van der Waals surface area (Å²) in [4.78, 5) is 20.9. The van der Waals surface area contributed by atoms with Gasteiger partial charge in [-0.05, 0) is 37.1 Å². The number of anilines is 1. The van der Waals surface area contributed by atoms with E-state index >= 15 is 0 Å². The third kappa shape index (κ3) is 2.78. The number of thiazole rings is 1. The van der Waals surface area contributed by atoms with Crippen molar-refractivity contribution in [2.45, 2.75) is 26.7 Å². The number of para-hydroxylation sites is 1. The van der Waals surface area contributed by atoms with Crippen LogP contribution in [0.25, 0.3) is 10.2 Å². The van der Waals surface area contributed by atoms with Crippen LogP contribution in [-0.4, -0.2) is 17.9 Å². The first-order valence-electron chi connectivity index (χ1n) is 7.33. The van der Waals surface area contributed by atoms with Gasteiger partial charge in [0.1, 0.15) is 0 Å². The van der Waals surface area contributed by atoms with E-state index < -0.39 is 0 Å². The maximum absolute atomic E-state index is 12.7. The van der Waals surface area contributed by atoms with Crippen LogP contribution in [0.2, 0.25) is 0 Å². The molecule has 0 aliphatic heterocycles. The standard InChI is InChI=1S/C17H18N2OS2/c1-4-7-12-10-15(21-11(12)2)16(20)19(3)17-18-13-8-5-6-9-14(13)22-17/h5-6,8-10H,4,7H2,1-3H3. The molecule has 2 heterocycles. The van der Waals surface area contributed by atoms with Gasteiger partial charge in [0.2, 0.25) is 0 Å². The number of amides is 1. The fourth-order valence-electron chi connectivity index (χ4n) is 2.40. The lowest BCUT2D eigenvalue weighted by atomic mass is 10.1. The molecule has 1 amide bonds. The highest BCUT2D eigenvalue weighted by molar-refractivity contribution is 7.22. The summed E-state index contributed by atoms with van der Waals surface area (Å²) in [5, 5.41) is 0.745. The number of carbonyl (C=O) groups excluding carboxylic acids is 1. The minimum Gasteiger partial charge on any atom is -0.286 e. The van der Waals surface area contributed by atoms with Crippen molar-refractivity contribution in [3.05, 3.63) is 45.6 Å². The third-order valence-electron chi connectivity index (χ3n) is 3.62. The molecule has 0 aliphatic rings. The molecule has 0 bridgehead atoms. The van der Waals surface area contributed by atoms with Crippen LogP contribution in [0.15, 0.2) is 30.3 Å². The molecule has 0 spiro atoms. The first-order valence-corrected chi connectivity index (χ1v) is 8.96. The van der Waals surface area contributed by atoms with Crippen LogP contribution in [0.1, 0.15) is 33.5 Å². The summed E-state index contributed by atoms with van der Waals surface area (Å²) in [5.41, 5.74) is 2.23. The number of fused-ring (bicyclic) bond motifs is 1. The number of hydrogen-bond donors (Lipinski definition) is 0. The van der Waals surface area contributed by atoms with Crippen LogP contribution in [0.5, 0.6) is 0 Å². The minimum atomic E-state index is 0.0227. The van der Waals surface area contributed by atoms with E-state index in [0.717, 1.165) is 33.1 Å². The summed E-state index contributed by atoms with van der Waals surface area (Å²) in [5.74, 6) is 0.0227. The maximum Gasteiger partial charge on any atom is 0.269 e. The van der Waals surface area contributed by atoms with E-state index in [0.29, 0.717) is 0 Å². The van der Waals surface area contributed by atoms with E-state index in [4.69, 9.17) is 0 Å². The summed E-state index contributed by atoms with van der Waals surface area (Å²) in [7, 11) is 1.80. The van der Waals surface area contributed by atoms with E-state index in [-0.39, 0.29) is 5.91 Å². The molecule has 3 nitrogen and oxygen atoms in total. The van der Waals surface area contributed by atoms with E-state index in [1.165, 1.54) is 10.4 Å². The van der Waals surface area contributed by atoms with Gasteiger partial charge in [0.25, 0.3) is 5.91 Å². The second kappa shape index (κ2) is 6.18. The average Bonchev–Trinajstić information content (AvgIpc) is 3.10. The highest BCUT2D eigenvalue weighted by Gasteiger charge is 2.20. The number of thiophene rings is 1. The SMILES string of the molecule is CCCc1cc(C(=O)N(C)c2nc3ccccc3s2)sc1C. The Hall–Kier alpha value is -1.72. The Balaban J connectivity index is 1.89. The molecule has 0 N–H and O–H groups in total. The highest BCUT2D eigenvalue weighted by atomic mass is 32.1.